The predicted molar refractivity (Wildman–Crippen MR) is 60.4 cm³/mol. The molecule has 2 atom stereocenters. The third-order valence-corrected chi connectivity index (χ3v) is 3.44. The highest BCUT2D eigenvalue weighted by atomic mass is 32.2. The third-order valence-electron chi connectivity index (χ3n) is 2.09. The lowest BCUT2D eigenvalue weighted by Crippen LogP contribution is -2.15. The fraction of sp³-hybridized carbons (Fsp3) is 0.455. The molecule has 0 spiro atoms. The van der Waals surface area contributed by atoms with Gasteiger partial charge in [-0.2, -0.15) is 11.8 Å². The molecule has 15 heavy (non-hydrogen) atoms. The van der Waals surface area contributed by atoms with Gasteiger partial charge in [0.1, 0.15) is 5.82 Å². The quantitative estimate of drug-likeness (QED) is 0.812. The average molecular weight is 230 g/mol. The molecule has 1 aromatic carbocycles. The number of thioether (sulfide) groups is 1. The molecule has 0 aliphatic rings. The zero-order chi connectivity index (χ0) is 11.3. The van der Waals surface area contributed by atoms with Gasteiger partial charge in [0.05, 0.1) is 12.7 Å². The van der Waals surface area contributed by atoms with E-state index in [0.717, 1.165) is 5.56 Å². The molecule has 1 rings (SSSR count). The Labute approximate surface area is 93.1 Å². The van der Waals surface area contributed by atoms with Crippen LogP contribution in [-0.4, -0.2) is 28.7 Å². The van der Waals surface area contributed by atoms with Crippen LogP contribution >= 0.6 is 11.8 Å². The Balaban J connectivity index is 2.46. The highest BCUT2D eigenvalue weighted by molar-refractivity contribution is 7.99. The maximum Gasteiger partial charge on any atom is 0.123 e. The molecular formula is C11H15FO2S. The summed E-state index contributed by atoms with van der Waals surface area (Å²) < 4.78 is 12.6. The van der Waals surface area contributed by atoms with Crippen LogP contribution in [0, 0.1) is 5.82 Å². The molecule has 0 saturated carbocycles. The third kappa shape index (κ3) is 4.20. The Morgan fingerprint density at radius 3 is 2.47 bits per heavy atom. The fourth-order valence-corrected chi connectivity index (χ4v) is 2.10. The molecule has 2 N–H and O–H groups in total. The molecule has 0 fully saturated rings. The van der Waals surface area contributed by atoms with Gasteiger partial charge in [0.15, 0.2) is 0 Å². The Morgan fingerprint density at radius 1 is 1.33 bits per heavy atom. The molecule has 2 nitrogen and oxygen atoms in total. The first-order valence-corrected chi connectivity index (χ1v) is 5.84. The summed E-state index contributed by atoms with van der Waals surface area (Å²) in [5, 5.41) is 18.0. The van der Waals surface area contributed by atoms with Crippen molar-refractivity contribution in [3.63, 3.8) is 0 Å². The van der Waals surface area contributed by atoms with Crippen molar-refractivity contribution in [2.24, 2.45) is 0 Å². The van der Waals surface area contributed by atoms with Gasteiger partial charge < -0.3 is 10.2 Å². The van der Waals surface area contributed by atoms with E-state index >= 15 is 0 Å². The minimum atomic E-state index is -0.683. The van der Waals surface area contributed by atoms with E-state index in [1.54, 1.807) is 12.1 Å². The molecule has 0 heterocycles. The van der Waals surface area contributed by atoms with Crippen LogP contribution in [-0.2, 0) is 0 Å². The van der Waals surface area contributed by atoms with Crippen molar-refractivity contribution >= 4 is 11.8 Å². The molecule has 0 aromatic heterocycles. The standard InChI is InChI=1S/C11H15FO2S/c1-8(15-7-11(14)6-13)9-2-4-10(12)5-3-9/h2-5,8,11,13-14H,6-7H2,1H3/t8-,11-/m1/s1. The number of benzene rings is 1. The second-order valence-electron chi connectivity index (χ2n) is 3.36. The van der Waals surface area contributed by atoms with Crippen LogP contribution in [0.4, 0.5) is 4.39 Å². The molecule has 0 bridgehead atoms. The summed E-state index contributed by atoms with van der Waals surface area (Å²) in [4.78, 5) is 0. The maximum atomic E-state index is 12.6. The van der Waals surface area contributed by atoms with Crippen molar-refractivity contribution in [3.8, 4) is 0 Å². The van der Waals surface area contributed by atoms with Gasteiger partial charge in [-0.1, -0.05) is 12.1 Å². The molecule has 0 radical (unpaired) electrons. The second kappa shape index (κ2) is 6.10. The van der Waals surface area contributed by atoms with Gasteiger partial charge in [0.2, 0.25) is 0 Å². The zero-order valence-electron chi connectivity index (χ0n) is 8.56. The summed E-state index contributed by atoms with van der Waals surface area (Å²) in [6.45, 7) is 1.77. The average Bonchev–Trinajstić information content (AvgIpc) is 2.26. The monoisotopic (exact) mass is 230 g/mol. The largest absolute Gasteiger partial charge is 0.394 e. The van der Waals surface area contributed by atoms with E-state index in [0.29, 0.717) is 5.75 Å². The molecule has 0 saturated heterocycles. The molecule has 0 unspecified atom stereocenters. The van der Waals surface area contributed by atoms with Crippen molar-refractivity contribution in [2.75, 3.05) is 12.4 Å². The minimum Gasteiger partial charge on any atom is -0.394 e. The summed E-state index contributed by atoms with van der Waals surface area (Å²) >= 11 is 1.54. The summed E-state index contributed by atoms with van der Waals surface area (Å²) in [5.74, 6) is 0.237. The van der Waals surface area contributed by atoms with Crippen molar-refractivity contribution in [2.45, 2.75) is 18.3 Å². The van der Waals surface area contributed by atoms with Gasteiger partial charge in [-0.25, -0.2) is 4.39 Å². The van der Waals surface area contributed by atoms with E-state index < -0.39 is 6.10 Å². The molecule has 4 heteroatoms. The molecule has 0 amide bonds. The van der Waals surface area contributed by atoms with Crippen LogP contribution in [0.25, 0.3) is 0 Å². The summed E-state index contributed by atoms with van der Waals surface area (Å²) in [6, 6.07) is 6.32. The van der Waals surface area contributed by atoms with Crippen molar-refractivity contribution in [1.82, 2.24) is 0 Å². The normalized spacial score (nSPS) is 14.9. The van der Waals surface area contributed by atoms with Crippen LogP contribution in [0.5, 0.6) is 0 Å². The first kappa shape index (κ1) is 12.5. The Kier molecular flexibility index (Phi) is 5.08. The highest BCUT2D eigenvalue weighted by Crippen LogP contribution is 2.28. The van der Waals surface area contributed by atoms with Gasteiger partial charge in [-0.3, -0.25) is 0 Å². The highest BCUT2D eigenvalue weighted by Gasteiger charge is 2.09. The Bertz CT molecular complexity index is 289. The molecule has 0 aliphatic heterocycles. The topological polar surface area (TPSA) is 40.5 Å². The number of hydrogen-bond donors (Lipinski definition) is 2. The lowest BCUT2D eigenvalue weighted by molar-refractivity contribution is 0.113. The summed E-state index contributed by atoms with van der Waals surface area (Å²) in [5.41, 5.74) is 1.02. The van der Waals surface area contributed by atoms with E-state index in [-0.39, 0.29) is 17.7 Å². The first-order valence-electron chi connectivity index (χ1n) is 4.79. The lowest BCUT2D eigenvalue weighted by Gasteiger charge is -2.13. The SMILES string of the molecule is C[C@@H](SC[C@H](O)CO)c1ccc(F)cc1. The van der Waals surface area contributed by atoms with Crippen LogP contribution in [0.3, 0.4) is 0 Å². The number of aliphatic hydroxyl groups is 2. The van der Waals surface area contributed by atoms with Gasteiger partial charge in [-0.05, 0) is 24.6 Å². The summed E-state index contributed by atoms with van der Waals surface area (Å²) in [7, 11) is 0. The summed E-state index contributed by atoms with van der Waals surface area (Å²) in [6.07, 6.45) is -0.683. The smallest absolute Gasteiger partial charge is 0.123 e. The van der Waals surface area contributed by atoms with Crippen LogP contribution in [0.2, 0.25) is 0 Å². The van der Waals surface area contributed by atoms with Crippen LogP contribution < -0.4 is 0 Å². The van der Waals surface area contributed by atoms with Crippen molar-refractivity contribution in [1.29, 1.82) is 0 Å². The second-order valence-corrected chi connectivity index (χ2v) is 4.74. The van der Waals surface area contributed by atoms with Crippen molar-refractivity contribution < 1.29 is 14.6 Å². The molecule has 0 aliphatic carbocycles. The molecular weight excluding hydrogens is 215 g/mol. The van der Waals surface area contributed by atoms with E-state index in [9.17, 15) is 4.39 Å². The predicted octanol–water partition coefficient (Wildman–Crippen LogP) is 1.97. The van der Waals surface area contributed by atoms with Gasteiger partial charge in [0.25, 0.3) is 0 Å². The minimum absolute atomic E-state index is 0.187. The van der Waals surface area contributed by atoms with Gasteiger partial charge in [0, 0.05) is 11.0 Å². The maximum absolute atomic E-state index is 12.6. The number of hydrogen-bond acceptors (Lipinski definition) is 3. The number of aliphatic hydroxyl groups excluding tert-OH is 2. The van der Waals surface area contributed by atoms with E-state index in [4.69, 9.17) is 10.2 Å². The van der Waals surface area contributed by atoms with Gasteiger partial charge in [-0.15, -0.1) is 0 Å². The van der Waals surface area contributed by atoms with E-state index in [2.05, 4.69) is 0 Å². The first-order chi connectivity index (χ1) is 7.13. The Hall–Kier alpha value is -0.580. The van der Waals surface area contributed by atoms with Crippen LogP contribution in [0.15, 0.2) is 24.3 Å². The lowest BCUT2D eigenvalue weighted by atomic mass is 10.2. The van der Waals surface area contributed by atoms with Crippen LogP contribution in [0.1, 0.15) is 17.7 Å². The van der Waals surface area contributed by atoms with Crippen molar-refractivity contribution in [3.05, 3.63) is 35.6 Å². The molecule has 1 aromatic rings. The number of halogens is 1. The fourth-order valence-electron chi connectivity index (χ4n) is 1.14. The van der Waals surface area contributed by atoms with E-state index in [1.165, 1.54) is 23.9 Å². The number of rotatable bonds is 5. The zero-order valence-corrected chi connectivity index (χ0v) is 9.38. The Morgan fingerprint density at radius 2 is 1.93 bits per heavy atom. The molecule has 84 valence electrons. The van der Waals surface area contributed by atoms with E-state index in [1.807, 2.05) is 6.92 Å². The van der Waals surface area contributed by atoms with Gasteiger partial charge >= 0.3 is 0 Å².